The van der Waals surface area contributed by atoms with E-state index in [2.05, 4.69) is 25.2 Å². The van der Waals surface area contributed by atoms with Crippen LogP contribution in [0, 0.1) is 0 Å². The first-order valence-electron chi connectivity index (χ1n) is 12.9. The summed E-state index contributed by atoms with van der Waals surface area (Å²) in [5.41, 5.74) is 0.0532. The molecule has 210 valence electrons. The van der Waals surface area contributed by atoms with Gasteiger partial charge in [0.15, 0.2) is 17.4 Å². The normalized spacial score (nSPS) is 21.3. The summed E-state index contributed by atoms with van der Waals surface area (Å²) in [6.07, 6.45) is -2.47. The van der Waals surface area contributed by atoms with E-state index in [9.17, 15) is 18.0 Å². The Morgan fingerprint density at radius 3 is 2.80 bits per heavy atom. The molecular formula is C27H27F3N6O4. The third kappa shape index (κ3) is 5.26. The van der Waals surface area contributed by atoms with Crippen LogP contribution < -0.4 is 19.9 Å². The Balaban J connectivity index is 1.22. The highest BCUT2D eigenvalue weighted by molar-refractivity contribution is 6.04. The monoisotopic (exact) mass is 556 g/mol. The maximum atomic E-state index is 13.6. The zero-order valence-electron chi connectivity index (χ0n) is 21.8. The highest BCUT2D eigenvalue weighted by Gasteiger charge is 2.41. The lowest BCUT2D eigenvalue weighted by Gasteiger charge is -2.35. The summed E-state index contributed by atoms with van der Waals surface area (Å²) in [6, 6.07) is 9.23. The number of hydrogen-bond donors (Lipinski definition) is 1. The summed E-state index contributed by atoms with van der Waals surface area (Å²) >= 11 is 0. The van der Waals surface area contributed by atoms with Crippen LogP contribution in [0.25, 0.3) is 11.4 Å². The third-order valence-electron chi connectivity index (χ3n) is 6.96. The van der Waals surface area contributed by atoms with Crippen LogP contribution in [0.2, 0.25) is 0 Å². The molecule has 2 fully saturated rings. The van der Waals surface area contributed by atoms with Gasteiger partial charge in [-0.3, -0.25) is 10.2 Å². The Labute approximate surface area is 228 Å². The number of ether oxygens (including phenoxy) is 3. The molecule has 6 rings (SSSR count). The van der Waals surface area contributed by atoms with Crippen molar-refractivity contribution in [3.63, 3.8) is 0 Å². The highest BCUT2D eigenvalue weighted by atomic mass is 19.4. The number of carbonyl (C=O) groups excluding carboxylic acids is 1. The minimum Gasteiger partial charge on any atom is -0.475 e. The van der Waals surface area contributed by atoms with Crippen molar-refractivity contribution in [2.45, 2.75) is 44.4 Å². The molecule has 0 saturated carbocycles. The smallest absolute Gasteiger partial charge is 0.416 e. The van der Waals surface area contributed by atoms with Gasteiger partial charge in [0.05, 0.1) is 30.1 Å². The minimum absolute atomic E-state index is 0.0972. The zero-order chi connectivity index (χ0) is 28.1. The number of carbonyl (C=O) groups is 1. The number of rotatable bonds is 5. The van der Waals surface area contributed by atoms with E-state index in [0.29, 0.717) is 43.5 Å². The molecule has 1 unspecified atom stereocenters. The molecule has 2 aromatic heterocycles. The van der Waals surface area contributed by atoms with Crippen LogP contribution in [-0.2, 0) is 15.7 Å². The summed E-state index contributed by atoms with van der Waals surface area (Å²) in [5, 5.41) is 2.82. The zero-order valence-corrected chi connectivity index (χ0v) is 21.8. The topological polar surface area (TPSA) is 102 Å². The van der Waals surface area contributed by atoms with Gasteiger partial charge in [-0.2, -0.15) is 18.2 Å². The van der Waals surface area contributed by atoms with Gasteiger partial charge >= 0.3 is 12.2 Å². The molecule has 3 aromatic rings. The summed E-state index contributed by atoms with van der Waals surface area (Å²) < 4.78 is 56.9. The first-order chi connectivity index (χ1) is 19.1. The Morgan fingerprint density at radius 1 is 1.20 bits per heavy atom. The van der Waals surface area contributed by atoms with E-state index < -0.39 is 23.6 Å². The lowest BCUT2D eigenvalue weighted by Crippen LogP contribution is -2.48. The summed E-state index contributed by atoms with van der Waals surface area (Å²) in [5.74, 6) is 0.358. The number of urea groups is 1. The van der Waals surface area contributed by atoms with E-state index >= 15 is 0 Å². The van der Waals surface area contributed by atoms with Crippen molar-refractivity contribution in [1.29, 1.82) is 0 Å². The van der Waals surface area contributed by atoms with Crippen molar-refractivity contribution in [2.75, 3.05) is 41.4 Å². The number of pyridine rings is 1. The van der Waals surface area contributed by atoms with Crippen LogP contribution in [0.15, 0.2) is 48.7 Å². The quantitative estimate of drug-likeness (QED) is 0.482. The van der Waals surface area contributed by atoms with Gasteiger partial charge in [-0.1, -0.05) is 18.2 Å². The third-order valence-corrected chi connectivity index (χ3v) is 6.96. The standard InChI is InChI=1S/C27H27F3N6O4/c1-26(2)39-15-19(40-26)14-38-22-8-4-7-21(32-22)33-25(37)36-18-9-10-35(13-18)20-12-31-23(34-24(20)36)16-5-3-6-17(11-16)27(28,29)30/h3-8,11-12,18-19H,9-10,13-15H2,1-2H3,(H,32,33,37)/t18-,19?/m0/s1. The Kier molecular flexibility index (Phi) is 6.50. The van der Waals surface area contributed by atoms with E-state index in [1.807, 2.05) is 13.8 Å². The van der Waals surface area contributed by atoms with Gasteiger partial charge in [-0.25, -0.2) is 14.8 Å². The maximum Gasteiger partial charge on any atom is 0.416 e. The van der Waals surface area contributed by atoms with E-state index in [-0.39, 0.29) is 36.0 Å². The number of nitrogens with one attached hydrogen (secondary N) is 1. The Bertz CT molecular complexity index is 1440. The van der Waals surface area contributed by atoms with E-state index in [1.165, 1.54) is 12.1 Å². The Hall–Kier alpha value is -3.97. The highest BCUT2D eigenvalue weighted by Crippen LogP contribution is 2.40. The Morgan fingerprint density at radius 2 is 2.02 bits per heavy atom. The average molecular weight is 557 g/mol. The fraction of sp³-hybridized carbons (Fsp3) is 0.407. The second-order valence-electron chi connectivity index (χ2n) is 10.3. The number of benzene rings is 1. The van der Waals surface area contributed by atoms with Crippen LogP contribution in [0.4, 0.5) is 35.3 Å². The molecule has 3 aliphatic rings. The van der Waals surface area contributed by atoms with Gasteiger partial charge in [0.1, 0.15) is 18.5 Å². The van der Waals surface area contributed by atoms with Crippen molar-refractivity contribution >= 4 is 23.4 Å². The number of anilines is 3. The molecule has 2 bridgehead atoms. The average Bonchev–Trinajstić information content (AvgIpc) is 3.50. The summed E-state index contributed by atoms with van der Waals surface area (Å²) in [7, 11) is 0. The van der Waals surface area contributed by atoms with E-state index in [1.54, 1.807) is 29.3 Å². The first kappa shape index (κ1) is 26.3. The molecule has 0 aliphatic carbocycles. The number of nitrogens with zero attached hydrogens (tertiary/aromatic N) is 5. The second-order valence-corrected chi connectivity index (χ2v) is 10.3. The van der Waals surface area contributed by atoms with E-state index in [4.69, 9.17) is 14.2 Å². The molecule has 0 radical (unpaired) electrons. The molecule has 2 atom stereocenters. The number of alkyl halides is 3. The number of aromatic nitrogens is 3. The largest absolute Gasteiger partial charge is 0.475 e. The molecule has 5 heterocycles. The SMILES string of the molecule is CC1(C)OCC(COc2cccc(NC(=O)N3c4nc(-c5cccc(C(F)(F)F)c5)ncc4N4CC[C@H]3C4)n2)O1. The van der Waals surface area contributed by atoms with E-state index in [0.717, 1.165) is 12.1 Å². The van der Waals surface area contributed by atoms with Crippen molar-refractivity contribution in [2.24, 2.45) is 0 Å². The molecule has 13 heteroatoms. The molecule has 3 aliphatic heterocycles. The van der Waals surface area contributed by atoms with Gasteiger partial charge in [0.25, 0.3) is 0 Å². The molecule has 40 heavy (non-hydrogen) atoms. The summed E-state index contributed by atoms with van der Waals surface area (Å²) in [4.78, 5) is 30.5. The number of halogens is 3. The molecule has 1 aromatic carbocycles. The fourth-order valence-corrected chi connectivity index (χ4v) is 5.10. The number of amides is 2. The van der Waals surface area contributed by atoms with Crippen molar-refractivity contribution < 1.29 is 32.2 Å². The first-order valence-corrected chi connectivity index (χ1v) is 12.9. The van der Waals surface area contributed by atoms with Crippen LogP contribution in [-0.4, -0.2) is 65.2 Å². The van der Waals surface area contributed by atoms with Gasteiger partial charge in [-0.15, -0.1) is 0 Å². The fourth-order valence-electron chi connectivity index (χ4n) is 5.10. The van der Waals surface area contributed by atoms with Gasteiger partial charge in [0.2, 0.25) is 5.88 Å². The molecule has 2 saturated heterocycles. The van der Waals surface area contributed by atoms with Crippen LogP contribution >= 0.6 is 0 Å². The van der Waals surface area contributed by atoms with Gasteiger partial charge < -0.3 is 19.1 Å². The molecular weight excluding hydrogens is 529 g/mol. The van der Waals surface area contributed by atoms with Crippen molar-refractivity contribution in [3.8, 4) is 17.3 Å². The second kappa shape index (κ2) is 9.89. The lowest BCUT2D eigenvalue weighted by atomic mass is 10.1. The van der Waals surface area contributed by atoms with Crippen molar-refractivity contribution in [1.82, 2.24) is 15.0 Å². The number of fused-ring (bicyclic) bond motifs is 4. The predicted octanol–water partition coefficient (Wildman–Crippen LogP) is 4.72. The lowest BCUT2D eigenvalue weighted by molar-refractivity contribution is -0.141. The van der Waals surface area contributed by atoms with Crippen LogP contribution in [0.1, 0.15) is 25.8 Å². The predicted molar refractivity (Wildman–Crippen MR) is 139 cm³/mol. The molecule has 0 spiro atoms. The summed E-state index contributed by atoms with van der Waals surface area (Å²) in [6.45, 7) is 5.61. The number of hydrogen-bond acceptors (Lipinski definition) is 8. The maximum absolute atomic E-state index is 13.6. The van der Waals surface area contributed by atoms with Gasteiger partial charge in [-0.05, 0) is 38.5 Å². The molecule has 2 amide bonds. The molecule has 1 N–H and O–H groups in total. The van der Waals surface area contributed by atoms with Crippen molar-refractivity contribution in [3.05, 3.63) is 54.2 Å². The molecule has 10 nitrogen and oxygen atoms in total. The van der Waals surface area contributed by atoms with Gasteiger partial charge in [0, 0.05) is 24.7 Å². The minimum atomic E-state index is -4.50. The van der Waals surface area contributed by atoms with Crippen LogP contribution in [0.3, 0.4) is 0 Å². The van der Waals surface area contributed by atoms with Crippen LogP contribution in [0.5, 0.6) is 5.88 Å².